The molecule has 3 N–H and O–H groups in total. The smallest absolute Gasteiger partial charge is 0.266 e. The maximum Gasteiger partial charge on any atom is 0.266 e. The highest BCUT2D eigenvalue weighted by Crippen LogP contribution is 2.46. The standard InChI is InChI=1S/C32H39FN2O7S/c1-41-27-13-7-24(8-14-27)31-29(17-18-30(36)23-5-9-25(33)10-6-23)32(37)35(31)26-11-15-28(16-12-26)42-21-4-2-3-19-34-20-22-43(38,39)40/h5-16,29-31,34,36H,2-4,17-22H2,1H3,(H,38,39,40). The van der Waals surface area contributed by atoms with Crippen molar-refractivity contribution in [1.29, 1.82) is 0 Å². The van der Waals surface area contributed by atoms with Gasteiger partial charge in [-0.05, 0) is 98.3 Å². The molecule has 9 nitrogen and oxygen atoms in total. The molecule has 0 bridgehead atoms. The summed E-state index contributed by atoms with van der Waals surface area (Å²) in [6.07, 6.45) is 2.64. The Morgan fingerprint density at radius 2 is 1.60 bits per heavy atom. The van der Waals surface area contributed by atoms with E-state index in [1.54, 1.807) is 24.1 Å². The molecule has 4 rings (SSSR count). The number of β-lactam (4-membered cyclic amide) rings is 1. The number of hydrogen-bond donors (Lipinski definition) is 3. The topological polar surface area (TPSA) is 125 Å². The molecule has 3 unspecified atom stereocenters. The molecule has 1 aliphatic heterocycles. The van der Waals surface area contributed by atoms with E-state index >= 15 is 0 Å². The normalized spacial score (nSPS) is 17.4. The molecule has 1 amide bonds. The van der Waals surface area contributed by atoms with Crippen LogP contribution in [0.15, 0.2) is 72.8 Å². The first kappa shape index (κ1) is 32.4. The van der Waals surface area contributed by atoms with Gasteiger partial charge in [0.15, 0.2) is 0 Å². The van der Waals surface area contributed by atoms with E-state index < -0.39 is 16.2 Å². The van der Waals surface area contributed by atoms with E-state index in [0.29, 0.717) is 37.3 Å². The van der Waals surface area contributed by atoms with Crippen molar-refractivity contribution < 1.29 is 36.7 Å². The van der Waals surface area contributed by atoms with E-state index in [1.165, 1.54) is 12.1 Å². The Balaban J connectivity index is 1.32. The second kappa shape index (κ2) is 15.3. The van der Waals surface area contributed by atoms with Crippen molar-refractivity contribution in [2.24, 2.45) is 5.92 Å². The molecule has 43 heavy (non-hydrogen) atoms. The van der Waals surface area contributed by atoms with Crippen LogP contribution in [-0.2, 0) is 14.9 Å². The monoisotopic (exact) mass is 614 g/mol. The highest BCUT2D eigenvalue weighted by atomic mass is 32.2. The number of carbonyl (C=O) groups is 1. The first-order valence-electron chi connectivity index (χ1n) is 14.5. The van der Waals surface area contributed by atoms with Gasteiger partial charge < -0.3 is 24.8 Å². The summed E-state index contributed by atoms with van der Waals surface area (Å²) in [5.74, 6) is 0.422. The summed E-state index contributed by atoms with van der Waals surface area (Å²) < 4.78 is 54.6. The molecular weight excluding hydrogens is 575 g/mol. The number of hydrogen-bond acceptors (Lipinski definition) is 7. The fourth-order valence-electron chi connectivity index (χ4n) is 5.24. The Labute approximate surface area is 252 Å². The zero-order valence-electron chi connectivity index (χ0n) is 24.2. The summed E-state index contributed by atoms with van der Waals surface area (Å²) in [4.78, 5) is 15.2. The SMILES string of the molecule is COc1ccc(C2C(CCC(O)c3ccc(F)cc3)C(=O)N2c2ccc(OCCCCCNCCS(=O)(=O)O)cc2)cc1. The minimum absolute atomic E-state index is 0.0222. The molecule has 11 heteroatoms. The number of aliphatic hydroxyl groups excluding tert-OH is 1. The lowest BCUT2D eigenvalue weighted by Crippen LogP contribution is -2.55. The highest BCUT2D eigenvalue weighted by Gasteiger charge is 2.48. The summed E-state index contributed by atoms with van der Waals surface area (Å²) in [7, 11) is -2.33. The number of halogens is 1. The molecule has 1 heterocycles. The van der Waals surface area contributed by atoms with E-state index in [0.717, 1.165) is 36.3 Å². The zero-order chi connectivity index (χ0) is 30.8. The van der Waals surface area contributed by atoms with Gasteiger partial charge in [-0.3, -0.25) is 9.35 Å². The minimum Gasteiger partial charge on any atom is -0.497 e. The Morgan fingerprint density at radius 1 is 0.930 bits per heavy atom. The van der Waals surface area contributed by atoms with Crippen LogP contribution < -0.4 is 19.7 Å². The molecule has 1 aliphatic rings. The third-order valence-corrected chi connectivity index (χ3v) is 8.32. The predicted molar refractivity (Wildman–Crippen MR) is 162 cm³/mol. The van der Waals surface area contributed by atoms with Gasteiger partial charge in [0.2, 0.25) is 5.91 Å². The zero-order valence-corrected chi connectivity index (χ0v) is 25.0. The summed E-state index contributed by atoms with van der Waals surface area (Å²) in [5, 5.41) is 13.7. The number of nitrogens with zero attached hydrogens (tertiary/aromatic N) is 1. The molecule has 3 aromatic carbocycles. The molecule has 0 spiro atoms. The van der Waals surface area contributed by atoms with Crippen LogP contribution in [0, 0.1) is 11.7 Å². The lowest BCUT2D eigenvalue weighted by Gasteiger charge is -2.48. The number of carbonyl (C=O) groups excluding carboxylic acids is 1. The average Bonchev–Trinajstić information content (AvgIpc) is 2.99. The van der Waals surface area contributed by atoms with E-state index in [-0.39, 0.29) is 36.0 Å². The van der Waals surface area contributed by atoms with E-state index in [2.05, 4.69) is 5.32 Å². The summed E-state index contributed by atoms with van der Waals surface area (Å²) in [6, 6.07) is 20.6. The van der Waals surface area contributed by atoms with Gasteiger partial charge in [0.1, 0.15) is 17.3 Å². The number of methoxy groups -OCH3 is 1. The van der Waals surface area contributed by atoms with Gasteiger partial charge in [0, 0.05) is 12.2 Å². The number of nitrogens with one attached hydrogen (secondary N) is 1. The fourth-order valence-corrected chi connectivity index (χ4v) is 5.64. The molecule has 0 saturated carbocycles. The maximum absolute atomic E-state index is 13.4. The average molecular weight is 615 g/mol. The van der Waals surface area contributed by atoms with Gasteiger partial charge in [-0.25, -0.2) is 4.39 Å². The van der Waals surface area contributed by atoms with Crippen molar-refractivity contribution >= 4 is 21.7 Å². The third kappa shape index (κ3) is 9.24. The third-order valence-electron chi connectivity index (χ3n) is 7.60. The lowest BCUT2D eigenvalue weighted by atomic mass is 9.78. The van der Waals surface area contributed by atoms with Gasteiger partial charge >= 0.3 is 0 Å². The van der Waals surface area contributed by atoms with Crippen molar-refractivity contribution in [2.45, 2.75) is 44.2 Å². The van der Waals surface area contributed by atoms with Gasteiger partial charge in [0.05, 0.1) is 37.5 Å². The number of anilines is 1. The molecule has 0 aliphatic carbocycles. The Morgan fingerprint density at radius 3 is 2.26 bits per heavy atom. The Kier molecular flexibility index (Phi) is 11.5. The van der Waals surface area contributed by atoms with Crippen LogP contribution >= 0.6 is 0 Å². The van der Waals surface area contributed by atoms with Gasteiger partial charge in [-0.15, -0.1) is 0 Å². The second-order valence-electron chi connectivity index (χ2n) is 10.6. The van der Waals surface area contributed by atoms with Crippen LogP contribution in [0.25, 0.3) is 0 Å². The number of benzene rings is 3. The Bertz CT molecular complexity index is 1420. The first-order chi connectivity index (χ1) is 20.7. The van der Waals surface area contributed by atoms with Crippen molar-refractivity contribution in [3.05, 3.63) is 89.7 Å². The molecule has 3 aromatic rings. The number of amides is 1. The number of rotatable bonds is 17. The van der Waals surface area contributed by atoms with Crippen LogP contribution in [0.4, 0.5) is 10.1 Å². The van der Waals surface area contributed by atoms with Crippen molar-refractivity contribution in [3.8, 4) is 11.5 Å². The maximum atomic E-state index is 13.4. The molecule has 0 aromatic heterocycles. The van der Waals surface area contributed by atoms with Crippen LogP contribution in [0.3, 0.4) is 0 Å². The number of ether oxygens (including phenoxy) is 2. The largest absolute Gasteiger partial charge is 0.497 e. The molecule has 232 valence electrons. The van der Waals surface area contributed by atoms with Crippen molar-refractivity contribution in [2.75, 3.05) is 37.5 Å². The molecular formula is C32H39FN2O7S. The van der Waals surface area contributed by atoms with Crippen LogP contribution in [0.2, 0.25) is 0 Å². The molecule has 1 saturated heterocycles. The summed E-state index contributed by atoms with van der Waals surface area (Å²) in [6.45, 7) is 1.41. The molecule has 0 radical (unpaired) electrons. The highest BCUT2D eigenvalue weighted by molar-refractivity contribution is 7.85. The summed E-state index contributed by atoms with van der Waals surface area (Å²) >= 11 is 0. The summed E-state index contributed by atoms with van der Waals surface area (Å²) in [5.41, 5.74) is 2.34. The molecule has 3 atom stereocenters. The van der Waals surface area contributed by atoms with Crippen LogP contribution in [0.5, 0.6) is 11.5 Å². The van der Waals surface area contributed by atoms with Crippen molar-refractivity contribution in [1.82, 2.24) is 5.32 Å². The van der Waals surface area contributed by atoms with Crippen molar-refractivity contribution in [3.63, 3.8) is 0 Å². The second-order valence-corrected chi connectivity index (χ2v) is 12.2. The lowest BCUT2D eigenvalue weighted by molar-refractivity contribution is -0.131. The van der Waals surface area contributed by atoms with Gasteiger partial charge in [-0.2, -0.15) is 8.42 Å². The fraction of sp³-hybridized carbons (Fsp3) is 0.406. The van der Waals surface area contributed by atoms with E-state index in [1.807, 2.05) is 48.5 Å². The Hall–Kier alpha value is -3.51. The van der Waals surface area contributed by atoms with Crippen LogP contribution in [0.1, 0.15) is 55.4 Å². The van der Waals surface area contributed by atoms with Gasteiger partial charge in [0.25, 0.3) is 10.1 Å². The van der Waals surface area contributed by atoms with E-state index in [9.17, 15) is 22.7 Å². The van der Waals surface area contributed by atoms with Gasteiger partial charge in [-0.1, -0.05) is 24.3 Å². The van der Waals surface area contributed by atoms with Crippen LogP contribution in [-0.4, -0.2) is 56.5 Å². The minimum atomic E-state index is -3.93. The predicted octanol–water partition coefficient (Wildman–Crippen LogP) is 5.08. The number of unbranched alkanes of at least 4 members (excludes halogenated alkanes) is 2. The quantitative estimate of drug-likeness (QED) is 0.109. The number of aliphatic hydroxyl groups is 1. The van der Waals surface area contributed by atoms with E-state index in [4.69, 9.17) is 14.0 Å². The molecule has 1 fully saturated rings. The first-order valence-corrected chi connectivity index (χ1v) is 16.1.